The molecule has 0 bridgehead atoms. The van der Waals surface area contributed by atoms with Gasteiger partial charge in [0.25, 0.3) is 0 Å². The Morgan fingerprint density at radius 2 is 2.19 bits per heavy atom. The zero-order chi connectivity index (χ0) is 12.1. The molecule has 0 aliphatic rings. The number of hydrogen-bond donors (Lipinski definition) is 1. The lowest BCUT2D eigenvalue weighted by Gasteiger charge is -2.16. The Bertz CT molecular complexity index is 363. The van der Waals surface area contributed by atoms with E-state index in [-0.39, 0.29) is 0 Å². The molecular formula is C13H19NO2. The molecule has 0 saturated carbocycles. The minimum Gasteiger partial charge on any atom is -0.465 e. The van der Waals surface area contributed by atoms with Crippen LogP contribution in [0, 0.1) is 0 Å². The maximum atomic E-state index is 10.8. The fraction of sp³-hybridized carbons (Fsp3) is 0.462. The normalized spacial score (nSPS) is 12.2. The second-order valence-electron chi connectivity index (χ2n) is 4.13. The molecule has 0 spiro atoms. The highest BCUT2D eigenvalue weighted by Gasteiger charge is 2.10. The molecule has 3 nitrogen and oxygen atoms in total. The van der Waals surface area contributed by atoms with Gasteiger partial charge in [-0.2, -0.15) is 0 Å². The molecule has 0 radical (unpaired) electrons. The molecule has 0 heterocycles. The number of nitrogens with zero attached hydrogens (tertiary/aromatic N) is 1. The van der Waals surface area contributed by atoms with Gasteiger partial charge in [-0.1, -0.05) is 32.4 Å². The van der Waals surface area contributed by atoms with Crippen molar-refractivity contribution in [1.29, 1.82) is 0 Å². The van der Waals surface area contributed by atoms with Crippen LogP contribution in [0.1, 0.15) is 38.2 Å². The van der Waals surface area contributed by atoms with Gasteiger partial charge in [-0.3, -0.25) is 4.90 Å². The van der Waals surface area contributed by atoms with Crippen molar-refractivity contribution in [2.75, 3.05) is 11.9 Å². The average molecular weight is 221 g/mol. The number of amides is 1. The molecule has 0 aromatic heterocycles. The van der Waals surface area contributed by atoms with Gasteiger partial charge < -0.3 is 5.11 Å². The van der Waals surface area contributed by atoms with Crippen molar-refractivity contribution >= 4 is 11.8 Å². The third-order valence-electron chi connectivity index (χ3n) is 2.84. The first kappa shape index (κ1) is 12.6. The molecule has 16 heavy (non-hydrogen) atoms. The maximum Gasteiger partial charge on any atom is 0.411 e. The second-order valence-corrected chi connectivity index (χ2v) is 4.13. The molecule has 0 aliphatic carbocycles. The lowest BCUT2D eigenvalue weighted by molar-refractivity contribution is 0.203. The quantitative estimate of drug-likeness (QED) is 0.842. The fourth-order valence-electron chi connectivity index (χ4n) is 1.75. The summed E-state index contributed by atoms with van der Waals surface area (Å²) in [6, 6.07) is 7.74. The van der Waals surface area contributed by atoms with E-state index in [1.165, 1.54) is 10.5 Å². The third kappa shape index (κ3) is 2.99. The number of hydrogen-bond acceptors (Lipinski definition) is 1. The summed E-state index contributed by atoms with van der Waals surface area (Å²) in [4.78, 5) is 12.1. The monoisotopic (exact) mass is 221 g/mol. The van der Waals surface area contributed by atoms with Gasteiger partial charge >= 0.3 is 6.09 Å². The first-order valence-corrected chi connectivity index (χ1v) is 5.62. The van der Waals surface area contributed by atoms with Gasteiger partial charge in [-0.05, 0) is 30.0 Å². The zero-order valence-corrected chi connectivity index (χ0v) is 10.1. The highest BCUT2D eigenvalue weighted by Crippen LogP contribution is 2.24. The molecule has 1 N–H and O–H groups in total. The summed E-state index contributed by atoms with van der Waals surface area (Å²) in [5.74, 6) is 0.479. The van der Waals surface area contributed by atoms with Crippen molar-refractivity contribution < 1.29 is 9.90 Å². The van der Waals surface area contributed by atoms with Crippen molar-refractivity contribution in [3.05, 3.63) is 29.8 Å². The fourth-order valence-corrected chi connectivity index (χ4v) is 1.75. The van der Waals surface area contributed by atoms with Crippen LogP contribution in [0.5, 0.6) is 0 Å². The lowest BCUT2D eigenvalue weighted by Crippen LogP contribution is -2.23. The Hall–Kier alpha value is -1.51. The minimum absolute atomic E-state index is 0.479. The van der Waals surface area contributed by atoms with Crippen molar-refractivity contribution in [3.8, 4) is 0 Å². The van der Waals surface area contributed by atoms with Gasteiger partial charge in [0.1, 0.15) is 0 Å². The molecule has 0 fully saturated rings. The number of anilines is 1. The van der Waals surface area contributed by atoms with E-state index in [2.05, 4.69) is 19.9 Å². The van der Waals surface area contributed by atoms with Crippen LogP contribution in [0.3, 0.4) is 0 Å². The first-order chi connectivity index (χ1) is 7.56. The van der Waals surface area contributed by atoms with E-state index < -0.39 is 6.09 Å². The summed E-state index contributed by atoms with van der Waals surface area (Å²) < 4.78 is 0. The predicted octanol–water partition coefficient (Wildman–Crippen LogP) is 3.70. The molecule has 1 aromatic carbocycles. The number of rotatable bonds is 4. The zero-order valence-electron chi connectivity index (χ0n) is 10.1. The first-order valence-electron chi connectivity index (χ1n) is 5.62. The molecule has 0 aliphatic heterocycles. The minimum atomic E-state index is -0.930. The van der Waals surface area contributed by atoms with E-state index in [0.717, 1.165) is 18.5 Å². The van der Waals surface area contributed by atoms with E-state index in [1.54, 1.807) is 7.05 Å². The highest BCUT2D eigenvalue weighted by atomic mass is 16.4. The third-order valence-corrected chi connectivity index (χ3v) is 2.84. The molecular weight excluding hydrogens is 202 g/mol. The van der Waals surface area contributed by atoms with Gasteiger partial charge in [0.2, 0.25) is 0 Å². The largest absolute Gasteiger partial charge is 0.465 e. The molecule has 3 heteroatoms. The average Bonchev–Trinajstić information content (AvgIpc) is 2.28. The van der Waals surface area contributed by atoms with Gasteiger partial charge in [-0.25, -0.2) is 4.79 Å². The summed E-state index contributed by atoms with van der Waals surface area (Å²) in [5.41, 5.74) is 1.93. The Labute approximate surface area is 96.7 Å². The molecule has 1 aromatic rings. The Kier molecular flexibility index (Phi) is 4.35. The van der Waals surface area contributed by atoms with Crippen LogP contribution in [-0.2, 0) is 0 Å². The standard InChI is InChI=1S/C13H19NO2/c1-4-6-10(2)11-7-5-8-12(9-11)14(3)13(15)16/h5,7-10H,4,6H2,1-3H3,(H,15,16). The van der Waals surface area contributed by atoms with E-state index in [4.69, 9.17) is 5.11 Å². The summed E-state index contributed by atoms with van der Waals surface area (Å²) in [6.07, 6.45) is 1.33. The second kappa shape index (κ2) is 5.54. The van der Waals surface area contributed by atoms with Crippen molar-refractivity contribution in [1.82, 2.24) is 0 Å². The van der Waals surface area contributed by atoms with Gasteiger partial charge in [0.15, 0.2) is 0 Å². The molecule has 1 unspecified atom stereocenters. The predicted molar refractivity (Wildman–Crippen MR) is 66.2 cm³/mol. The summed E-state index contributed by atoms with van der Waals surface area (Å²) >= 11 is 0. The molecule has 88 valence electrons. The topological polar surface area (TPSA) is 40.5 Å². The van der Waals surface area contributed by atoms with Crippen LogP contribution in [0.4, 0.5) is 10.5 Å². The Morgan fingerprint density at radius 3 is 2.75 bits per heavy atom. The summed E-state index contributed by atoms with van der Waals surface area (Å²) in [6.45, 7) is 4.33. The van der Waals surface area contributed by atoms with Crippen molar-refractivity contribution in [2.24, 2.45) is 0 Å². The number of carbonyl (C=O) groups is 1. The summed E-state index contributed by atoms with van der Waals surface area (Å²) in [7, 11) is 1.56. The van der Waals surface area contributed by atoms with E-state index in [9.17, 15) is 4.79 Å². The van der Waals surface area contributed by atoms with Crippen LogP contribution in [0.15, 0.2) is 24.3 Å². The van der Waals surface area contributed by atoms with E-state index in [0.29, 0.717) is 5.92 Å². The highest BCUT2D eigenvalue weighted by molar-refractivity contribution is 5.85. The van der Waals surface area contributed by atoms with Crippen LogP contribution in [-0.4, -0.2) is 18.2 Å². The molecule has 1 atom stereocenters. The lowest BCUT2D eigenvalue weighted by atomic mass is 9.96. The maximum absolute atomic E-state index is 10.8. The molecule has 0 saturated heterocycles. The number of carboxylic acid groups (broad SMARTS) is 1. The van der Waals surface area contributed by atoms with E-state index in [1.807, 2.05) is 18.2 Å². The van der Waals surface area contributed by atoms with Crippen LogP contribution in [0.25, 0.3) is 0 Å². The molecule has 1 amide bonds. The van der Waals surface area contributed by atoms with E-state index >= 15 is 0 Å². The van der Waals surface area contributed by atoms with Gasteiger partial charge in [-0.15, -0.1) is 0 Å². The summed E-state index contributed by atoms with van der Waals surface area (Å²) in [5, 5.41) is 8.89. The van der Waals surface area contributed by atoms with Gasteiger partial charge in [0.05, 0.1) is 0 Å². The number of benzene rings is 1. The Balaban J connectivity index is 2.90. The van der Waals surface area contributed by atoms with Crippen LogP contribution >= 0.6 is 0 Å². The van der Waals surface area contributed by atoms with Crippen LogP contribution in [0.2, 0.25) is 0 Å². The van der Waals surface area contributed by atoms with Gasteiger partial charge in [0, 0.05) is 12.7 Å². The van der Waals surface area contributed by atoms with Crippen LogP contribution < -0.4 is 4.90 Å². The van der Waals surface area contributed by atoms with Crippen molar-refractivity contribution in [2.45, 2.75) is 32.6 Å². The molecule has 1 rings (SSSR count). The van der Waals surface area contributed by atoms with Crippen molar-refractivity contribution in [3.63, 3.8) is 0 Å². The smallest absolute Gasteiger partial charge is 0.411 e. The Morgan fingerprint density at radius 1 is 1.50 bits per heavy atom. The SMILES string of the molecule is CCCC(C)c1cccc(N(C)C(=O)O)c1.